The number of nitrogens with zero attached hydrogens (tertiary/aromatic N) is 2. The van der Waals surface area contributed by atoms with Crippen molar-refractivity contribution in [3.8, 4) is 11.5 Å². The molecular formula is C14H12N2O2. The second-order valence-corrected chi connectivity index (χ2v) is 4.21. The predicted molar refractivity (Wildman–Crippen MR) is 68.2 cm³/mol. The Balaban J connectivity index is 2.16. The van der Waals surface area contributed by atoms with Gasteiger partial charge in [-0.2, -0.15) is 0 Å². The van der Waals surface area contributed by atoms with Crippen molar-refractivity contribution in [1.29, 1.82) is 0 Å². The summed E-state index contributed by atoms with van der Waals surface area (Å²) in [5.41, 5.74) is 3.69. The molecule has 0 amide bonds. The highest BCUT2D eigenvalue weighted by molar-refractivity contribution is 6.14. The number of pyridine rings is 1. The van der Waals surface area contributed by atoms with Crippen LogP contribution in [0, 0.1) is 0 Å². The molecule has 0 atom stereocenters. The highest BCUT2D eigenvalue weighted by Gasteiger charge is 2.18. The van der Waals surface area contributed by atoms with E-state index in [-0.39, 0.29) is 11.5 Å². The molecule has 0 fully saturated rings. The molecule has 1 aromatic heterocycles. The van der Waals surface area contributed by atoms with Crippen molar-refractivity contribution in [2.45, 2.75) is 6.42 Å². The van der Waals surface area contributed by atoms with Crippen molar-refractivity contribution in [3.63, 3.8) is 0 Å². The molecule has 4 nitrogen and oxygen atoms in total. The van der Waals surface area contributed by atoms with Gasteiger partial charge in [-0.15, -0.1) is 0 Å². The number of benzene rings is 1. The Labute approximate surface area is 104 Å². The Morgan fingerprint density at radius 2 is 1.72 bits per heavy atom. The molecular weight excluding hydrogens is 228 g/mol. The van der Waals surface area contributed by atoms with Crippen LogP contribution in [-0.2, 0) is 6.42 Å². The van der Waals surface area contributed by atoms with E-state index in [4.69, 9.17) is 0 Å². The summed E-state index contributed by atoms with van der Waals surface area (Å²) in [6.45, 7) is 0.689. The van der Waals surface area contributed by atoms with E-state index in [2.05, 4.69) is 9.98 Å². The lowest BCUT2D eigenvalue weighted by Gasteiger charge is -2.17. The van der Waals surface area contributed by atoms with Gasteiger partial charge in [0.2, 0.25) is 0 Å². The van der Waals surface area contributed by atoms with E-state index in [1.54, 1.807) is 24.5 Å². The number of hydrogen-bond donors (Lipinski definition) is 2. The van der Waals surface area contributed by atoms with E-state index >= 15 is 0 Å². The number of aromatic hydroxyl groups is 2. The van der Waals surface area contributed by atoms with E-state index in [1.165, 1.54) is 0 Å². The van der Waals surface area contributed by atoms with Crippen molar-refractivity contribution in [2.24, 2.45) is 4.99 Å². The topological polar surface area (TPSA) is 65.7 Å². The third-order valence-corrected chi connectivity index (χ3v) is 3.06. The van der Waals surface area contributed by atoms with Crippen LogP contribution in [0.15, 0.2) is 41.7 Å². The van der Waals surface area contributed by atoms with Gasteiger partial charge in [0.15, 0.2) is 11.5 Å². The summed E-state index contributed by atoms with van der Waals surface area (Å²) in [7, 11) is 0. The Kier molecular flexibility index (Phi) is 2.48. The number of hydrogen-bond acceptors (Lipinski definition) is 4. The average Bonchev–Trinajstić information content (AvgIpc) is 2.40. The van der Waals surface area contributed by atoms with Crippen LogP contribution in [0.4, 0.5) is 0 Å². The van der Waals surface area contributed by atoms with Gasteiger partial charge < -0.3 is 10.2 Å². The van der Waals surface area contributed by atoms with E-state index < -0.39 is 0 Å². The molecule has 2 heterocycles. The van der Waals surface area contributed by atoms with Crippen molar-refractivity contribution in [3.05, 3.63) is 53.3 Å². The van der Waals surface area contributed by atoms with Gasteiger partial charge in [0.25, 0.3) is 0 Å². The van der Waals surface area contributed by atoms with Crippen LogP contribution in [0.2, 0.25) is 0 Å². The molecule has 0 saturated heterocycles. The minimum Gasteiger partial charge on any atom is -0.504 e. The zero-order chi connectivity index (χ0) is 12.5. The molecule has 0 spiro atoms. The molecule has 0 aliphatic carbocycles. The minimum atomic E-state index is -0.114. The second-order valence-electron chi connectivity index (χ2n) is 4.21. The maximum atomic E-state index is 9.62. The van der Waals surface area contributed by atoms with Gasteiger partial charge in [-0.25, -0.2) is 0 Å². The highest BCUT2D eigenvalue weighted by Crippen LogP contribution is 2.31. The van der Waals surface area contributed by atoms with Crippen LogP contribution in [0.1, 0.15) is 16.7 Å². The van der Waals surface area contributed by atoms with E-state index in [0.717, 1.165) is 28.8 Å². The molecule has 3 rings (SSSR count). The monoisotopic (exact) mass is 240 g/mol. The maximum Gasteiger partial charge on any atom is 0.158 e. The second kappa shape index (κ2) is 4.14. The molecule has 2 aromatic rings. The first-order chi connectivity index (χ1) is 8.75. The predicted octanol–water partition coefficient (Wildman–Crippen LogP) is 1.89. The normalized spacial score (nSPS) is 13.9. The first-order valence-corrected chi connectivity index (χ1v) is 5.76. The summed E-state index contributed by atoms with van der Waals surface area (Å²) in [4.78, 5) is 8.49. The first-order valence-electron chi connectivity index (χ1n) is 5.76. The van der Waals surface area contributed by atoms with E-state index in [9.17, 15) is 10.2 Å². The largest absolute Gasteiger partial charge is 0.504 e. The number of fused-ring (bicyclic) bond motifs is 1. The summed E-state index contributed by atoms with van der Waals surface area (Å²) >= 11 is 0. The van der Waals surface area contributed by atoms with Gasteiger partial charge >= 0.3 is 0 Å². The lowest BCUT2D eigenvalue weighted by atomic mass is 9.93. The smallest absolute Gasteiger partial charge is 0.158 e. The molecule has 1 aliphatic rings. The molecule has 1 aliphatic heterocycles. The average molecular weight is 240 g/mol. The van der Waals surface area contributed by atoms with Gasteiger partial charge in [0.05, 0.1) is 5.71 Å². The molecule has 18 heavy (non-hydrogen) atoms. The summed E-state index contributed by atoms with van der Waals surface area (Å²) in [6.07, 6.45) is 4.20. The van der Waals surface area contributed by atoms with Gasteiger partial charge in [0.1, 0.15) is 0 Å². The van der Waals surface area contributed by atoms with Gasteiger partial charge in [-0.1, -0.05) is 0 Å². The van der Waals surface area contributed by atoms with Crippen molar-refractivity contribution in [1.82, 2.24) is 4.98 Å². The van der Waals surface area contributed by atoms with Crippen LogP contribution in [0.25, 0.3) is 0 Å². The fourth-order valence-electron chi connectivity index (χ4n) is 2.18. The summed E-state index contributed by atoms with van der Waals surface area (Å²) in [6, 6.07) is 6.96. The molecule has 0 bridgehead atoms. The number of phenols is 2. The van der Waals surface area contributed by atoms with Crippen LogP contribution in [0.3, 0.4) is 0 Å². The fraction of sp³-hybridized carbons (Fsp3) is 0.143. The Morgan fingerprint density at radius 1 is 1.00 bits per heavy atom. The summed E-state index contributed by atoms with van der Waals surface area (Å²) in [5, 5.41) is 19.2. The number of aliphatic imine (C=N–C) groups is 1. The molecule has 0 radical (unpaired) electrons. The number of aromatic nitrogens is 1. The Bertz CT molecular complexity index is 621. The number of phenolic OH excluding ortho intramolecular Hbond substituents is 2. The minimum absolute atomic E-state index is 0.0790. The zero-order valence-electron chi connectivity index (χ0n) is 9.67. The van der Waals surface area contributed by atoms with Crippen LogP contribution >= 0.6 is 0 Å². The van der Waals surface area contributed by atoms with Gasteiger partial charge in [-0.05, 0) is 36.2 Å². The number of rotatable bonds is 1. The fourth-order valence-corrected chi connectivity index (χ4v) is 2.18. The standard InChI is InChI=1S/C14H12N2O2/c17-12-7-10-3-6-16-14(11(10)8-13(12)18)9-1-4-15-5-2-9/h1-2,4-5,7-8,17-18H,3,6H2. The van der Waals surface area contributed by atoms with Crippen LogP contribution in [0.5, 0.6) is 11.5 Å². The van der Waals surface area contributed by atoms with Crippen molar-refractivity contribution in [2.75, 3.05) is 6.54 Å². The van der Waals surface area contributed by atoms with E-state index in [0.29, 0.717) is 6.54 Å². The van der Waals surface area contributed by atoms with Crippen LogP contribution in [-0.4, -0.2) is 27.5 Å². The molecule has 2 N–H and O–H groups in total. The highest BCUT2D eigenvalue weighted by atomic mass is 16.3. The third kappa shape index (κ3) is 1.72. The van der Waals surface area contributed by atoms with Crippen molar-refractivity contribution >= 4 is 5.71 Å². The quantitative estimate of drug-likeness (QED) is 0.748. The van der Waals surface area contributed by atoms with Crippen LogP contribution < -0.4 is 0 Å². The Hall–Kier alpha value is -2.36. The lowest BCUT2D eigenvalue weighted by molar-refractivity contribution is 0.403. The lowest BCUT2D eigenvalue weighted by Crippen LogP contribution is -2.14. The Morgan fingerprint density at radius 3 is 2.50 bits per heavy atom. The molecule has 90 valence electrons. The summed E-state index contributed by atoms with van der Waals surface area (Å²) < 4.78 is 0. The van der Waals surface area contributed by atoms with Gasteiger partial charge in [0, 0.05) is 30.1 Å². The molecule has 0 saturated carbocycles. The van der Waals surface area contributed by atoms with E-state index in [1.807, 2.05) is 12.1 Å². The summed E-state index contributed by atoms with van der Waals surface area (Å²) in [5.74, 6) is -0.192. The maximum absolute atomic E-state index is 9.62. The SMILES string of the molecule is Oc1cc2c(cc1O)C(c1ccncc1)=NCC2. The third-order valence-electron chi connectivity index (χ3n) is 3.06. The van der Waals surface area contributed by atoms with Gasteiger partial charge in [-0.3, -0.25) is 9.98 Å². The zero-order valence-corrected chi connectivity index (χ0v) is 9.67. The first kappa shape index (κ1) is 10.8. The molecule has 0 unspecified atom stereocenters. The van der Waals surface area contributed by atoms with Crippen molar-refractivity contribution < 1.29 is 10.2 Å². The molecule has 4 heteroatoms. The molecule has 1 aromatic carbocycles.